The summed E-state index contributed by atoms with van der Waals surface area (Å²) in [6.45, 7) is 0.0313. The number of halogens is 2. The number of hydrogen-bond donors (Lipinski definition) is 4. The SMILES string of the molecule is N#Cc1cccc(-c2nc(N)nc(NCc3ccc(N)cc3F)c2C=N)c1F. The molecule has 7 nitrogen and oxygen atoms in total. The molecule has 0 spiro atoms. The van der Waals surface area contributed by atoms with Gasteiger partial charge in [-0.3, -0.25) is 0 Å². The zero-order chi connectivity index (χ0) is 20.3. The Labute approximate surface area is 159 Å². The van der Waals surface area contributed by atoms with Gasteiger partial charge in [0.2, 0.25) is 5.95 Å². The van der Waals surface area contributed by atoms with Crippen LogP contribution in [0.2, 0.25) is 0 Å². The average molecular weight is 379 g/mol. The highest BCUT2D eigenvalue weighted by Crippen LogP contribution is 2.29. The minimum atomic E-state index is -0.776. The predicted octanol–water partition coefficient (Wildman–Crippen LogP) is 3.07. The molecule has 0 aliphatic carbocycles. The van der Waals surface area contributed by atoms with Crippen molar-refractivity contribution in [1.29, 1.82) is 10.7 Å². The maximum Gasteiger partial charge on any atom is 0.222 e. The van der Waals surface area contributed by atoms with Crippen molar-refractivity contribution in [2.24, 2.45) is 0 Å². The van der Waals surface area contributed by atoms with Gasteiger partial charge in [-0.25, -0.2) is 13.8 Å². The molecule has 6 N–H and O–H groups in total. The molecule has 0 radical (unpaired) electrons. The Morgan fingerprint density at radius 2 is 1.96 bits per heavy atom. The fourth-order valence-corrected chi connectivity index (χ4v) is 2.65. The number of nitrogens with zero attached hydrogens (tertiary/aromatic N) is 3. The second kappa shape index (κ2) is 7.67. The number of nitrogen functional groups attached to an aromatic ring is 2. The van der Waals surface area contributed by atoms with E-state index in [2.05, 4.69) is 15.3 Å². The fourth-order valence-electron chi connectivity index (χ4n) is 2.65. The quantitative estimate of drug-likeness (QED) is 0.397. The van der Waals surface area contributed by atoms with Crippen LogP contribution >= 0.6 is 0 Å². The molecule has 3 rings (SSSR count). The third-order valence-corrected chi connectivity index (χ3v) is 4.00. The second-order valence-electron chi connectivity index (χ2n) is 5.82. The molecule has 0 fully saturated rings. The number of nitrogens with one attached hydrogen (secondary N) is 2. The Bertz CT molecular complexity index is 1110. The van der Waals surface area contributed by atoms with Gasteiger partial charge in [-0.05, 0) is 24.3 Å². The predicted molar refractivity (Wildman–Crippen MR) is 103 cm³/mol. The van der Waals surface area contributed by atoms with E-state index in [9.17, 15) is 8.78 Å². The Kier molecular flexibility index (Phi) is 5.13. The molecule has 3 aromatic rings. The highest BCUT2D eigenvalue weighted by Gasteiger charge is 2.18. The van der Waals surface area contributed by atoms with Crippen LogP contribution in [-0.2, 0) is 6.54 Å². The van der Waals surface area contributed by atoms with Crippen molar-refractivity contribution in [3.8, 4) is 17.3 Å². The third-order valence-electron chi connectivity index (χ3n) is 4.00. The summed E-state index contributed by atoms with van der Waals surface area (Å²) >= 11 is 0. The fraction of sp³-hybridized carbons (Fsp3) is 0.0526. The van der Waals surface area contributed by atoms with Crippen LogP contribution in [0.3, 0.4) is 0 Å². The van der Waals surface area contributed by atoms with Crippen LogP contribution < -0.4 is 16.8 Å². The zero-order valence-corrected chi connectivity index (χ0v) is 14.5. The molecule has 2 aromatic carbocycles. The normalized spacial score (nSPS) is 10.3. The largest absolute Gasteiger partial charge is 0.399 e. The van der Waals surface area contributed by atoms with E-state index in [1.807, 2.05) is 0 Å². The maximum absolute atomic E-state index is 14.6. The summed E-state index contributed by atoms with van der Waals surface area (Å²) in [6.07, 6.45) is 0.939. The maximum atomic E-state index is 14.6. The van der Waals surface area contributed by atoms with Gasteiger partial charge >= 0.3 is 0 Å². The van der Waals surface area contributed by atoms with Crippen molar-refractivity contribution in [2.45, 2.75) is 6.54 Å². The van der Waals surface area contributed by atoms with Gasteiger partial charge in [0, 0.05) is 29.6 Å². The van der Waals surface area contributed by atoms with E-state index >= 15 is 0 Å². The highest BCUT2D eigenvalue weighted by molar-refractivity contribution is 5.93. The van der Waals surface area contributed by atoms with Crippen LogP contribution in [0.1, 0.15) is 16.7 Å². The van der Waals surface area contributed by atoms with Gasteiger partial charge in [0.05, 0.1) is 16.8 Å². The smallest absolute Gasteiger partial charge is 0.222 e. The minimum absolute atomic E-state index is 0.00775. The molecule has 9 heteroatoms. The number of aromatic nitrogens is 2. The van der Waals surface area contributed by atoms with Gasteiger partial charge < -0.3 is 22.2 Å². The lowest BCUT2D eigenvalue weighted by molar-refractivity contribution is 0.613. The molecule has 28 heavy (non-hydrogen) atoms. The van der Waals surface area contributed by atoms with Crippen LogP contribution in [0.5, 0.6) is 0 Å². The molecule has 0 amide bonds. The molecule has 0 atom stereocenters. The molecule has 0 saturated carbocycles. The molecule has 1 heterocycles. The van der Waals surface area contributed by atoms with E-state index in [-0.39, 0.29) is 40.7 Å². The minimum Gasteiger partial charge on any atom is -0.399 e. The highest BCUT2D eigenvalue weighted by atomic mass is 19.1. The molecular weight excluding hydrogens is 364 g/mol. The monoisotopic (exact) mass is 379 g/mol. The van der Waals surface area contributed by atoms with E-state index in [0.717, 1.165) is 6.21 Å². The summed E-state index contributed by atoms with van der Waals surface area (Å²) in [5, 5.41) is 19.6. The Morgan fingerprint density at radius 3 is 2.64 bits per heavy atom. The van der Waals surface area contributed by atoms with E-state index in [0.29, 0.717) is 11.3 Å². The molecule has 0 unspecified atom stereocenters. The van der Waals surface area contributed by atoms with Crippen molar-refractivity contribution in [3.63, 3.8) is 0 Å². The molecule has 140 valence electrons. The summed E-state index contributed by atoms with van der Waals surface area (Å²) in [6, 6.07) is 10.3. The van der Waals surface area contributed by atoms with E-state index in [4.69, 9.17) is 22.1 Å². The van der Waals surface area contributed by atoms with Crippen molar-refractivity contribution in [1.82, 2.24) is 9.97 Å². The molecule has 0 bridgehead atoms. The van der Waals surface area contributed by atoms with Crippen molar-refractivity contribution in [2.75, 3.05) is 16.8 Å². The standard InChI is InChI=1S/C19H15F2N7/c20-15-6-12(24)5-4-11(15)9-26-18-14(8-23)17(27-19(25)28-18)13-3-1-2-10(7-22)16(13)21/h1-6,8,23H,9,24H2,(H3,25,26,27,28). The van der Waals surface area contributed by atoms with Crippen molar-refractivity contribution >= 4 is 23.7 Å². The number of anilines is 3. The van der Waals surface area contributed by atoms with Gasteiger partial charge in [-0.1, -0.05) is 12.1 Å². The molecule has 0 aliphatic heterocycles. The van der Waals surface area contributed by atoms with Crippen molar-refractivity contribution < 1.29 is 8.78 Å². The van der Waals surface area contributed by atoms with Gasteiger partial charge in [-0.15, -0.1) is 0 Å². The first-order chi connectivity index (χ1) is 13.4. The van der Waals surface area contributed by atoms with Crippen LogP contribution in [0.25, 0.3) is 11.3 Å². The first kappa shape index (κ1) is 18.7. The number of rotatable bonds is 5. The lowest BCUT2D eigenvalue weighted by Gasteiger charge is -2.14. The number of benzene rings is 2. The van der Waals surface area contributed by atoms with Crippen molar-refractivity contribution in [3.05, 3.63) is 64.7 Å². The van der Waals surface area contributed by atoms with Crippen LogP contribution in [0, 0.1) is 28.4 Å². The van der Waals surface area contributed by atoms with E-state index in [1.54, 1.807) is 12.1 Å². The zero-order valence-electron chi connectivity index (χ0n) is 14.5. The Morgan fingerprint density at radius 1 is 1.18 bits per heavy atom. The van der Waals surface area contributed by atoms with Gasteiger partial charge in [0.15, 0.2) is 0 Å². The molecular formula is C19H15F2N7. The first-order valence-electron chi connectivity index (χ1n) is 8.09. The molecule has 0 saturated heterocycles. The third kappa shape index (κ3) is 3.57. The van der Waals surface area contributed by atoms with E-state index in [1.165, 1.54) is 30.3 Å². The van der Waals surface area contributed by atoms with Gasteiger partial charge in [0.1, 0.15) is 23.5 Å². The lowest BCUT2D eigenvalue weighted by atomic mass is 10.0. The summed E-state index contributed by atoms with van der Waals surface area (Å²) in [5.74, 6) is -1.31. The first-order valence-corrected chi connectivity index (χ1v) is 8.09. The summed E-state index contributed by atoms with van der Waals surface area (Å²) in [4.78, 5) is 8.07. The number of nitriles is 1. The average Bonchev–Trinajstić information content (AvgIpc) is 2.67. The second-order valence-corrected chi connectivity index (χ2v) is 5.82. The van der Waals surface area contributed by atoms with Crippen LogP contribution in [-0.4, -0.2) is 16.2 Å². The number of nitrogens with two attached hydrogens (primary N) is 2. The summed E-state index contributed by atoms with van der Waals surface area (Å²) in [5.41, 5.74) is 11.9. The Hall–Kier alpha value is -4.06. The topological polar surface area (TPSA) is 137 Å². The lowest BCUT2D eigenvalue weighted by Crippen LogP contribution is -2.11. The number of hydrogen-bond acceptors (Lipinski definition) is 7. The Balaban J connectivity index is 2.04. The van der Waals surface area contributed by atoms with Crippen LogP contribution in [0.4, 0.5) is 26.2 Å². The molecule has 1 aromatic heterocycles. The van der Waals surface area contributed by atoms with Crippen LogP contribution in [0.15, 0.2) is 36.4 Å². The molecule has 0 aliphatic rings. The van der Waals surface area contributed by atoms with Gasteiger partial charge in [-0.2, -0.15) is 10.2 Å². The van der Waals surface area contributed by atoms with E-state index < -0.39 is 11.6 Å². The summed E-state index contributed by atoms with van der Waals surface area (Å²) < 4.78 is 28.6. The van der Waals surface area contributed by atoms with Gasteiger partial charge in [0.25, 0.3) is 0 Å². The summed E-state index contributed by atoms with van der Waals surface area (Å²) in [7, 11) is 0.